The molecule has 204 valence electrons. The Balaban J connectivity index is 1.60. The van der Waals surface area contributed by atoms with Gasteiger partial charge >= 0.3 is 0 Å². The molecule has 1 saturated heterocycles. The van der Waals surface area contributed by atoms with Gasteiger partial charge in [-0.2, -0.15) is 5.10 Å². The van der Waals surface area contributed by atoms with Crippen LogP contribution in [0.3, 0.4) is 0 Å². The Bertz CT molecular complexity index is 1150. The molecular formula is C28H36N4O6. The lowest BCUT2D eigenvalue weighted by Crippen LogP contribution is -2.46. The lowest BCUT2D eigenvalue weighted by Gasteiger charge is -2.30. The summed E-state index contributed by atoms with van der Waals surface area (Å²) in [6.07, 6.45) is 0.482. The van der Waals surface area contributed by atoms with E-state index < -0.39 is 6.04 Å². The number of amides is 2. The van der Waals surface area contributed by atoms with Crippen molar-refractivity contribution in [3.63, 3.8) is 0 Å². The van der Waals surface area contributed by atoms with Crippen molar-refractivity contribution in [2.45, 2.75) is 19.4 Å². The maximum absolute atomic E-state index is 13.7. The van der Waals surface area contributed by atoms with Gasteiger partial charge in [-0.3, -0.25) is 14.5 Å². The standard InChI is InChI=1S/C28H36N4O6/c1-20(33)31(12-11-30-13-15-38-16-14-30)19-28(34)32-26(24-17-23(36-3)9-10-27(24)37-4)18-25(29-32)21-5-7-22(35-2)8-6-21/h5-10,17,26H,11-16,18-19H2,1-4H3/t26-/m0/s1. The normalized spacial score (nSPS) is 17.6. The van der Waals surface area contributed by atoms with Crippen LogP contribution in [0.15, 0.2) is 47.6 Å². The van der Waals surface area contributed by atoms with Crippen LogP contribution in [-0.2, 0) is 14.3 Å². The Morgan fingerprint density at radius 3 is 2.32 bits per heavy atom. The molecule has 1 atom stereocenters. The lowest BCUT2D eigenvalue weighted by molar-refractivity contribution is -0.140. The largest absolute Gasteiger partial charge is 0.497 e. The first-order chi connectivity index (χ1) is 18.4. The second kappa shape index (κ2) is 12.7. The number of methoxy groups -OCH3 is 3. The summed E-state index contributed by atoms with van der Waals surface area (Å²) >= 11 is 0. The summed E-state index contributed by atoms with van der Waals surface area (Å²) in [7, 11) is 4.82. The first-order valence-corrected chi connectivity index (χ1v) is 12.7. The van der Waals surface area contributed by atoms with Crippen molar-refractivity contribution in [2.75, 3.05) is 67.3 Å². The Kier molecular flexibility index (Phi) is 9.19. The van der Waals surface area contributed by atoms with E-state index in [0.717, 1.165) is 35.7 Å². The number of hydrazone groups is 1. The van der Waals surface area contributed by atoms with Crippen LogP contribution in [0.5, 0.6) is 17.2 Å². The molecule has 2 aliphatic heterocycles. The minimum Gasteiger partial charge on any atom is -0.497 e. The van der Waals surface area contributed by atoms with Gasteiger partial charge < -0.3 is 23.8 Å². The molecule has 4 rings (SSSR count). The number of rotatable bonds is 10. The van der Waals surface area contributed by atoms with Crippen LogP contribution >= 0.6 is 0 Å². The summed E-state index contributed by atoms with van der Waals surface area (Å²) < 4.78 is 21.8. The van der Waals surface area contributed by atoms with Crippen molar-refractivity contribution in [3.8, 4) is 17.2 Å². The molecule has 2 aromatic rings. The van der Waals surface area contributed by atoms with Gasteiger partial charge in [0.2, 0.25) is 5.91 Å². The Morgan fingerprint density at radius 2 is 1.68 bits per heavy atom. The number of carbonyl (C=O) groups is 2. The number of benzene rings is 2. The van der Waals surface area contributed by atoms with Crippen LogP contribution < -0.4 is 14.2 Å². The summed E-state index contributed by atoms with van der Waals surface area (Å²) in [4.78, 5) is 30.0. The third-order valence-corrected chi connectivity index (χ3v) is 6.95. The van der Waals surface area contributed by atoms with Crippen LogP contribution in [-0.4, -0.2) is 99.6 Å². The van der Waals surface area contributed by atoms with Gasteiger partial charge in [0.1, 0.15) is 23.8 Å². The highest BCUT2D eigenvalue weighted by molar-refractivity contribution is 6.03. The average molecular weight is 525 g/mol. The molecule has 0 spiro atoms. The van der Waals surface area contributed by atoms with Crippen molar-refractivity contribution in [1.82, 2.24) is 14.8 Å². The molecule has 2 aromatic carbocycles. The zero-order valence-electron chi connectivity index (χ0n) is 22.5. The van der Waals surface area contributed by atoms with Gasteiger partial charge in [0.05, 0.1) is 46.3 Å². The van der Waals surface area contributed by atoms with Gasteiger partial charge in [0, 0.05) is 45.1 Å². The molecule has 0 N–H and O–H groups in total. The molecule has 0 aromatic heterocycles. The molecule has 10 heteroatoms. The summed E-state index contributed by atoms with van der Waals surface area (Å²) in [5, 5.41) is 6.25. The summed E-state index contributed by atoms with van der Waals surface area (Å²) in [5.41, 5.74) is 2.44. The van der Waals surface area contributed by atoms with E-state index in [-0.39, 0.29) is 18.4 Å². The van der Waals surface area contributed by atoms with E-state index in [1.54, 1.807) is 26.2 Å². The zero-order valence-corrected chi connectivity index (χ0v) is 22.5. The van der Waals surface area contributed by atoms with E-state index in [4.69, 9.17) is 24.0 Å². The fourth-order valence-electron chi connectivity index (χ4n) is 4.71. The highest BCUT2D eigenvalue weighted by Gasteiger charge is 2.36. The number of morpholine rings is 1. The van der Waals surface area contributed by atoms with Crippen LogP contribution in [0, 0.1) is 0 Å². The topological polar surface area (TPSA) is 93.1 Å². The van der Waals surface area contributed by atoms with Crippen molar-refractivity contribution < 1.29 is 28.5 Å². The monoisotopic (exact) mass is 524 g/mol. The first kappa shape index (κ1) is 27.4. The third kappa shape index (κ3) is 6.43. The molecule has 2 aliphatic rings. The van der Waals surface area contributed by atoms with E-state index in [9.17, 15) is 9.59 Å². The highest BCUT2D eigenvalue weighted by atomic mass is 16.5. The molecule has 0 saturated carbocycles. The van der Waals surface area contributed by atoms with Crippen molar-refractivity contribution in [3.05, 3.63) is 53.6 Å². The SMILES string of the molecule is COc1ccc(C2=NN(C(=O)CN(CCN3CCOCC3)C(C)=O)[C@H](c3cc(OC)ccc3OC)C2)cc1. The van der Waals surface area contributed by atoms with Crippen molar-refractivity contribution in [1.29, 1.82) is 0 Å². The summed E-state index contributed by atoms with van der Waals surface area (Å²) in [6, 6.07) is 12.7. The Labute approximate surface area is 223 Å². The molecular weight excluding hydrogens is 488 g/mol. The molecule has 0 radical (unpaired) electrons. The van der Waals surface area contributed by atoms with Gasteiger partial charge in [-0.25, -0.2) is 5.01 Å². The van der Waals surface area contributed by atoms with E-state index in [2.05, 4.69) is 4.90 Å². The molecule has 1 fully saturated rings. The molecule has 2 heterocycles. The number of nitrogens with zero attached hydrogens (tertiary/aromatic N) is 4. The molecule has 0 unspecified atom stereocenters. The first-order valence-electron chi connectivity index (χ1n) is 12.7. The van der Waals surface area contributed by atoms with E-state index >= 15 is 0 Å². The molecule has 0 aliphatic carbocycles. The Hall–Kier alpha value is -3.63. The maximum atomic E-state index is 13.7. The molecule has 2 amide bonds. The zero-order chi connectivity index (χ0) is 27.1. The van der Waals surface area contributed by atoms with Crippen LogP contribution in [0.1, 0.15) is 30.5 Å². The highest BCUT2D eigenvalue weighted by Crippen LogP contribution is 2.39. The van der Waals surface area contributed by atoms with Gasteiger partial charge in [0.15, 0.2) is 0 Å². The fourth-order valence-corrected chi connectivity index (χ4v) is 4.71. The van der Waals surface area contributed by atoms with Crippen LogP contribution in [0.2, 0.25) is 0 Å². The van der Waals surface area contributed by atoms with Gasteiger partial charge in [-0.15, -0.1) is 0 Å². The second-order valence-electron chi connectivity index (χ2n) is 9.24. The Morgan fingerprint density at radius 1 is 1.00 bits per heavy atom. The second-order valence-corrected chi connectivity index (χ2v) is 9.24. The minimum absolute atomic E-state index is 0.0676. The van der Waals surface area contributed by atoms with Crippen molar-refractivity contribution >= 4 is 17.5 Å². The molecule has 38 heavy (non-hydrogen) atoms. The van der Waals surface area contributed by atoms with Crippen LogP contribution in [0.4, 0.5) is 0 Å². The van der Waals surface area contributed by atoms with E-state index in [0.29, 0.717) is 44.2 Å². The molecule has 0 bridgehead atoms. The maximum Gasteiger partial charge on any atom is 0.262 e. The predicted octanol–water partition coefficient (Wildman–Crippen LogP) is 2.57. The van der Waals surface area contributed by atoms with E-state index in [1.807, 2.05) is 42.5 Å². The quantitative estimate of drug-likeness (QED) is 0.472. The van der Waals surface area contributed by atoms with Gasteiger partial charge in [0.25, 0.3) is 5.91 Å². The number of hydrogen-bond acceptors (Lipinski definition) is 8. The number of ether oxygens (including phenoxy) is 4. The smallest absolute Gasteiger partial charge is 0.262 e. The van der Waals surface area contributed by atoms with Gasteiger partial charge in [-0.1, -0.05) is 0 Å². The summed E-state index contributed by atoms with van der Waals surface area (Å²) in [5.74, 6) is 1.61. The fraction of sp³-hybridized carbons (Fsp3) is 0.464. The van der Waals surface area contributed by atoms with E-state index in [1.165, 1.54) is 11.9 Å². The van der Waals surface area contributed by atoms with Crippen molar-refractivity contribution in [2.24, 2.45) is 5.10 Å². The van der Waals surface area contributed by atoms with Gasteiger partial charge in [-0.05, 0) is 48.0 Å². The van der Waals surface area contributed by atoms with Crippen LogP contribution in [0.25, 0.3) is 0 Å². The predicted molar refractivity (Wildman–Crippen MR) is 143 cm³/mol. The third-order valence-electron chi connectivity index (χ3n) is 6.95. The number of carbonyl (C=O) groups excluding carboxylic acids is 2. The minimum atomic E-state index is -0.419. The number of hydrogen-bond donors (Lipinski definition) is 0. The molecule has 10 nitrogen and oxygen atoms in total. The lowest BCUT2D eigenvalue weighted by atomic mass is 9.97. The summed E-state index contributed by atoms with van der Waals surface area (Å²) in [6.45, 7) is 5.56. The average Bonchev–Trinajstić information content (AvgIpc) is 3.40.